The van der Waals surface area contributed by atoms with Crippen molar-refractivity contribution >= 4 is 18.0 Å². The molecule has 0 spiro atoms. The number of aliphatic imine (C=N–C) groups is 1. The number of carboxylic acids is 1. The minimum atomic E-state index is -1.33. The van der Waals surface area contributed by atoms with Crippen molar-refractivity contribution in [1.82, 2.24) is 10.7 Å². The van der Waals surface area contributed by atoms with Crippen molar-refractivity contribution in [3.05, 3.63) is 4.91 Å². The largest absolute Gasteiger partial charge is 0.480 e. The van der Waals surface area contributed by atoms with Crippen LogP contribution in [0.25, 0.3) is 0 Å². The lowest BCUT2D eigenvalue weighted by Gasteiger charge is -2.21. The van der Waals surface area contributed by atoms with Gasteiger partial charge in [0.15, 0.2) is 0 Å². The van der Waals surface area contributed by atoms with E-state index in [2.05, 4.69) is 15.6 Å². The minimum absolute atomic E-state index is 0.354. The monoisotopic (exact) mass is 275 g/mol. The van der Waals surface area contributed by atoms with Crippen molar-refractivity contribution in [3.63, 3.8) is 0 Å². The molecule has 0 aliphatic carbocycles. The molecule has 0 bridgehead atoms. The van der Waals surface area contributed by atoms with Crippen LogP contribution in [0.5, 0.6) is 0 Å². The molecule has 5 N–H and O–H groups in total. The zero-order valence-electron chi connectivity index (χ0n) is 10.8. The quantitative estimate of drug-likeness (QED) is 0.229. The van der Waals surface area contributed by atoms with Crippen LogP contribution in [0.4, 0.5) is 4.79 Å². The molecule has 10 nitrogen and oxygen atoms in total. The van der Waals surface area contributed by atoms with Gasteiger partial charge in [0.1, 0.15) is 11.6 Å². The van der Waals surface area contributed by atoms with Crippen molar-refractivity contribution < 1.29 is 19.4 Å². The number of carboxylic acid groups (broad SMARTS) is 1. The van der Waals surface area contributed by atoms with Crippen LogP contribution in [0, 0.1) is 4.91 Å². The molecule has 108 valence electrons. The Morgan fingerprint density at radius 2 is 2.00 bits per heavy atom. The number of amides is 1. The van der Waals surface area contributed by atoms with Crippen molar-refractivity contribution in [2.75, 3.05) is 6.54 Å². The fraction of sp³-hybridized carbons (Fsp3) is 0.667. The number of nitroso groups, excluding NO2 is 1. The first-order valence-electron chi connectivity index (χ1n) is 5.26. The molecule has 1 amide bonds. The summed E-state index contributed by atoms with van der Waals surface area (Å²) in [5, 5.41) is 13.2. The van der Waals surface area contributed by atoms with E-state index in [1.54, 1.807) is 26.2 Å². The van der Waals surface area contributed by atoms with Gasteiger partial charge in [-0.3, -0.25) is 0 Å². The second-order valence-electron chi connectivity index (χ2n) is 4.47. The highest BCUT2D eigenvalue weighted by Gasteiger charge is 2.23. The van der Waals surface area contributed by atoms with Gasteiger partial charge in [-0.15, -0.1) is 4.91 Å². The van der Waals surface area contributed by atoms with Gasteiger partial charge in [0, 0.05) is 0 Å². The van der Waals surface area contributed by atoms with Crippen LogP contribution in [-0.2, 0) is 9.53 Å². The predicted molar refractivity (Wildman–Crippen MR) is 66.2 cm³/mol. The van der Waals surface area contributed by atoms with Crippen LogP contribution in [-0.4, -0.2) is 41.3 Å². The maximum absolute atomic E-state index is 11.4. The van der Waals surface area contributed by atoms with E-state index in [9.17, 15) is 14.5 Å². The van der Waals surface area contributed by atoms with Crippen LogP contribution >= 0.6 is 0 Å². The first kappa shape index (κ1) is 16.6. The Morgan fingerprint density at radius 1 is 1.42 bits per heavy atom. The van der Waals surface area contributed by atoms with Crippen molar-refractivity contribution in [2.45, 2.75) is 32.4 Å². The Kier molecular flexibility index (Phi) is 6.24. The molecule has 0 aromatic rings. The number of carbonyl (C=O) groups is 2. The summed E-state index contributed by atoms with van der Waals surface area (Å²) in [5.41, 5.74) is 6.21. The number of nitrogens with zero attached hydrogens (tertiary/aromatic N) is 2. The summed E-state index contributed by atoms with van der Waals surface area (Å²) in [6.45, 7) is 4.54. The van der Waals surface area contributed by atoms with Crippen molar-refractivity contribution in [3.8, 4) is 0 Å². The van der Waals surface area contributed by atoms with E-state index in [0.717, 1.165) is 0 Å². The number of hydrogen-bond donors (Lipinski definition) is 4. The van der Waals surface area contributed by atoms with Crippen molar-refractivity contribution in [2.24, 2.45) is 16.0 Å². The van der Waals surface area contributed by atoms with E-state index >= 15 is 0 Å². The summed E-state index contributed by atoms with van der Waals surface area (Å²) in [4.78, 5) is 35.6. The Hall–Kier alpha value is -2.39. The van der Waals surface area contributed by atoms with Crippen LogP contribution < -0.4 is 16.5 Å². The molecule has 19 heavy (non-hydrogen) atoms. The fourth-order valence-electron chi connectivity index (χ4n) is 0.907. The van der Waals surface area contributed by atoms with Gasteiger partial charge < -0.3 is 20.9 Å². The molecular formula is C9H17N5O5. The number of aliphatic carboxylic acids is 1. The third-order valence-corrected chi connectivity index (χ3v) is 1.59. The third-order valence-electron chi connectivity index (χ3n) is 1.59. The number of ether oxygens (including phenoxy) is 1. The molecule has 0 radical (unpaired) electrons. The summed E-state index contributed by atoms with van der Waals surface area (Å²) < 4.78 is 4.90. The molecule has 0 aromatic heterocycles. The Labute approximate surface area is 109 Å². The summed E-state index contributed by atoms with van der Waals surface area (Å²) in [6, 6.07) is -1.33. The highest BCUT2D eigenvalue weighted by Crippen LogP contribution is 2.06. The van der Waals surface area contributed by atoms with E-state index in [0.29, 0.717) is 0 Å². The first-order valence-corrected chi connectivity index (χ1v) is 5.26. The lowest BCUT2D eigenvalue weighted by Crippen LogP contribution is -2.45. The number of nitrogens with two attached hydrogens (primary N) is 1. The zero-order chi connectivity index (χ0) is 15.1. The van der Waals surface area contributed by atoms with Gasteiger partial charge in [0.2, 0.25) is 5.96 Å². The number of rotatable bonds is 5. The summed E-state index contributed by atoms with van der Waals surface area (Å²) in [7, 11) is 0. The number of nitrogens with one attached hydrogen (secondary N) is 2. The normalized spacial score (nSPS) is 13.3. The summed E-state index contributed by atoms with van der Waals surface area (Å²) >= 11 is 0. The second kappa shape index (κ2) is 7.13. The molecule has 1 unspecified atom stereocenters. The second-order valence-corrected chi connectivity index (χ2v) is 4.47. The Morgan fingerprint density at radius 3 is 2.42 bits per heavy atom. The molecule has 0 fully saturated rings. The molecule has 0 aromatic carbocycles. The van der Waals surface area contributed by atoms with Gasteiger partial charge in [0.25, 0.3) is 0 Å². The van der Waals surface area contributed by atoms with Gasteiger partial charge in [-0.1, -0.05) is 0 Å². The SMILES string of the molecule is CC(C)(C)OC(=O)NC(CN=C(N)NN=O)C(=O)O. The highest BCUT2D eigenvalue weighted by molar-refractivity contribution is 5.81. The Balaban J connectivity index is 4.51. The van der Waals surface area contributed by atoms with Gasteiger partial charge in [-0.2, -0.15) is 0 Å². The number of carbonyl (C=O) groups excluding carboxylic acids is 1. The lowest BCUT2D eigenvalue weighted by atomic mass is 10.2. The zero-order valence-corrected chi connectivity index (χ0v) is 10.8. The van der Waals surface area contributed by atoms with Crippen molar-refractivity contribution in [1.29, 1.82) is 0 Å². The average molecular weight is 275 g/mol. The van der Waals surface area contributed by atoms with E-state index in [-0.39, 0.29) is 12.5 Å². The molecule has 0 rings (SSSR count). The topological polar surface area (TPSA) is 155 Å². The fourth-order valence-corrected chi connectivity index (χ4v) is 0.907. The van der Waals surface area contributed by atoms with E-state index in [1.165, 1.54) is 0 Å². The van der Waals surface area contributed by atoms with E-state index < -0.39 is 23.7 Å². The van der Waals surface area contributed by atoms with Gasteiger partial charge >= 0.3 is 12.1 Å². The predicted octanol–water partition coefficient (Wildman–Crippen LogP) is -0.450. The molecule has 0 saturated carbocycles. The standard InChI is InChI=1S/C9H17N5O5/c1-9(2,3)19-8(17)12-5(6(15)16)4-11-7(10)13-14-18/h5H,4H2,1-3H3,(H,12,17)(H,15,16)(H3,10,11,13,18). The molecule has 0 aliphatic rings. The molecule has 0 saturated heterocycles. The maximum atomic E-state index is 11.4. The minimum Gasteiger partial charge on any atom is -0.480 e. The lowest BCUT2D eigenvalue weighted by molar-refractivity contribution is -0.139. The molecule has 10 heteroatoms. The number of guanidine groups is 1. The molecular weight excluding hydrogens is 258 g/mol. The van der Waals surface area contributed by atoms with Gasteiger partial charge in [-0.05, 0) is 20.8 Å². The summed E-state index contributed by atoms with van der Waals surface area (Å²) in [6.07, 6.45) is -0.893. The van der Waals surface area contributed by atoms with E-state index in [1.807, 2.05) is 0 Å². The van der Waals surface area contributed by atoms with E-state index in [4.69, 9.17) is 15.6 Å². The van der Waals surface area contributed by atoms with Crippen LogP contribution in [0.1, 0.15) is 20.8 Å². The smallest absolute Gasteiger partial charge is 0.408 e. The molecule has 0 aliphatic heterocycles. The summed E-state index contributed by atoms with van der Waals surface area (Å²) in [5.74, 6) is -1.67. The van der Waals surface area contributed by atoms with Crippen LogP contribution in [0.3, 0.4) is 0 Å². The maximum Gasteiger partial charge on any atom is 0.408 e. The highest BCUT2D eigenvalue weighted by atomic mass is 16.6. The number of hydrogen-bond acceptors (Lipinski definition) is 6. The van der Waals surface area contributed by atoms with Gasteiger partial charge in [0.05, 0.1) is 11.8 Å². The van der Waals surface area contributed by atoms with Gasteiger partial charge in [-0.25, -0.2) is 20.0 Å². The average Bonchev–Trinajstić information content (AvgIpc) is 2.21. The van der Waals surface area contributed by atoms with Crippen LogP contribution in [0.15, 0.2) is 10.3 Å². The molecule has 0 heterocycles. The Bertz CT molecular complexity index is 376. The van der Waals surface area contributed by atoms with Crippen LogP contribution in [0.2, 0.25) is 0 Å². The third kappa shape index (κ3) is 8.35. The number of alkyl carbamates (subject to hydrolysis) is 1. The molecule has 1 atom stereocenters. The first-order chi connectivity index (χ1) is 8.65.